The molecule has 0 aliphatic carbocycles. The van der Waals surface area contributed by atoms with Crippen LogP contribution in [0.25, 0.3) is 0 Å². The van der Waals surface area contributed by atoms with Gasteiger partial charge in [0.05, 0.1) is 22.5 Å². The van der Waals surface area contributed by atoms with Crippen LogP contribution in [0.4, 0.5) is 5.69 Å². The lowest BCUT2D eigenvalue weighted by Crippen LogP contribution is -2.45. The summed E-state index contributed by atoms with van der Waals surface area (Å²) in [5.74, 6) is -2.09. The summed E-state index contributed by atoms with van der Waals surface area (Å²) in [6.45, 7) is 1.07. The maximum absolute atomic E-state index is 12.7. The van der Waals surface area contributed by atoms with Crippen LogP contribution in [0.2, 0.25) is 5.02 Å². The first-order valence-electron chi connectivity index (χ1n) is 8.04. The van der Waals surface area contributed by atoms with Crippen LogP contribution in [-0.2, 0) is 14.4 Å². The lowest BCUT2D eigenvalue weighted by Gasteiger charge is -2.32. The molecule has 0 spiro atoms. The summed E-state index contributed by atoms with van der Waals surface area (Å²) in [6.07, 6.45) is 1.41. The number of para-hydroxylation sites is 1. The second kappa shape index (κ2) is 6.81. The normalized spacial score (nSPS) is 24.3. The number of carbonyl (C=O) groups is 3. The van der Waals surface area contributed by atoms with Gasteiger partial charge in [0.15, 0.2) is 0 Å². The summed E-state index contributed by atoms with van der Waals surface area (Å²) < 4.78 is 0. The molecule has 2 heterocycles. The highest BCUT2D eigenvalue weighted by molar-refractivity contribution is 6.33. The standard InChI is InChI=1S/C17H19ClN2O4/c18-13-5-1-2-6-14(13)20-10-12(8-15(20)21)16(22)19-7-3-4-11(9-19)17(23)24/h1-2,5-6,11-12H,3-4,7-10H2,(H,23,24)/t11-,12-/m1/s1. The number of amides is 2. The molecule has 0 aromatic heterocycles. The van der Waals surface area contributed by atoms with Crippen molar-refractivity contribution in [1.29, 1.82) is 0 Å². The van der Waals surface area contributed by atoms with E-state index in [1.54, 1.807) is 34.1 Å². The van der Waals surface area contributed by atoms with Crippen molar-refractivity contribution in [3.05, 3.63) is 29.3 Å². The molecule has 0 radical (unpaired) electrons. The van der Waals surface area contributed by atoms with Crippen molar-refractivity contribution < 1.29 is 19.5 Å². The maximum Gasteiger partial charge on any atom is 0.308 e. The Kier molecular flexibility index (Phi) is 4.76. The van der Waals surface area contributed by atoms with E-state index in [1.165, 1.54) is 0 Å². The van der Waals surface area contributed by atoms with E-state index in [-0.39, 0.29) is 31.3 Å². The molecule has 128 valence electrons. The van der Waals surface area contributed by atoms with Crippen molar-refractivity contribution in [3.63, 3.8) is 0 Å². The molecule has 2 amide bonds. The summed E-state index contributed by atoms with van der Waals surface area (Å²) in [6, 6.07) is 7.05. The minimum Gasteiger partial charge on any atom is -0.481 e. The maximum atomic E-state index is 12.7. The molecule has 2 aliphatic heterocycles. The number of carbonyl (C=O) groups excluding carboxylic acids is 2. The van der Waals surface area contributed by atoms with Crippen molar-refractivity contribution in [1.82, 2.24) is 4.90 Å². The van der Waals surface area contributed by atoms with E-state index in [2.05, 4.69) is 0 Å². The molecule has 2 atom stereocenters. The molecule has 0 bridgehead atoms. The Morgan fingerprint density at radius 1 is 1.17 bits per heavy atom. The summed E-state index contributed by atoms with van der Waals surface area (Å²) in [5.41, 5.74) is 0.613. The molecule has 1 aromatic rings. The molecule has 2 saturated heterocycles. The van der Waals surface area contributed by atoms with Gasteiger partial charge in [0, 0.05) is 26.1 Å². The van der Waals surface area contributed by atoms with E-state index < -0.39 is 17.8 Å². The summed E-state index contributed by atoms with van der Waals surface area (Å²) >= 11 is 6.15. The van der Waals surface area contributed by atoms with Gasteiger partial charge in [-0.05, 0) is 25.0 Å². The molecule has 6 nitrogen and oxygen atoms in total. The number of hydrogen-bond donors (Lipinski definition) is 1. The predicted molar refractivity (Wildman–Crippen MR) is 88.9 cm³/mol. The number of likely N-dealkylation sites (tertiary alicyclic amines) is 1. The molecule has 1 N–H and O–H groups in total. The molecule has 24 heavy (non-hydrogen) atoms. The van der Waals surface area contributed by atoms with Gasteiger partial charge in [-0.3, -0.25) is 14.4 Å². The summed E-state index contributed by atoms with van der Waals surface area (Å²) in [5, 5.41) is 9.63. The highest BCUT2D eigenvalue weighted by Crippen LogP contribution is 2.32. The zero-order valence-electron chi connectivity index (χ0n) is 13.2. The lowest BCUT2D eigenvalue weighted by atomic mass is 9.96. The highest BCUT2D eigenvalue weighted by atomic mass is 35.5. The number of carboxylic acid groups (broad SMARTS) is 1. The van der Waals surface area contributed by atoms with Gasteiger partial charge in [-0.2, -0.15) is 0 Å². The third-order valence-electron chi connectivity index (χ3n) is 4.70. The molecule has 3 rings (SSSR count). The number of hydrogen-bond acceptors (Lipinski definition) is 3. The first-order valence-corrected chi connectivity index (χ1v) is 8.41. The predicted octanol–water partition coefficient (Wildman–Crippen LogP) is 2.02. The van der Waals surface area contributed by atoms with Gasteiger partial charge in [-0.15, -0.1) is 0 Å². The second-order valence-electron chi connectivity index (χ2n) is 6.32. The molecule has 2 aliphatic rings. The Bertz CT molecular complexity index is 678. The molecule has 1 aromatic carbocycles. The minimum atomic E-state index is -0.868. The lowest BCUT2D eigenvalue weighted by molar-refractivity contribution is -0.146. The van der Waals surface area contributed by atoms with Gasteiger partial charge in [-0.25, -0.2) is 0 Å². The number of rotatable bonds is 3. The van der Waals surface area contributed by atoms with Crippen LogP contribution in [-0.4, -0.2) is 47.4 Å². The van der Waals surface area contributed by atoms with E-state index in [9.17, 15) is 14.4 Å². The number of halogens is 1. The Morgan fingerprint density at radius 3 is 2.62 bits per heavy atom. The second-order valence-corrected chi connectivity index (χ2v) is 6.73. The monoisotopic (exact) mass is 350 g/mol. The number of nitrogens with zero attached hydrogens (tertiary/aromatic N) is 2. The first kappa shape index (κ1) is 16.8. The van der Waals surface area contributed by atoms with Crippen molar-refractivity contribution in [2.24, 2.45) is 11.8 Å². The van der Waals surface area contributed by atoms with Crippen molar-refractivity contribution >= 4 is 35.1 Å². The third-order valence-corrected chi connectivity index (χ3v) is 5.02. The van der Waals surface area contributed by atoms with E-state index >= 15 is 0 Å². The fourth-order valence-electron chi connectivity index (χ4n) is 3.41. The zero-order valence-corrected chi connectivity index (χ0v) is 13.9. The van der Waals surface area contributed by atoms with Gasteiger partial charge in [0.1, 0.15) is 0 Å². The topological polar surface area (TPSA) is 77.9 Å². The van der Waals surface area contributed by atoms with E-state index in [0.29, 0.717) is 30.1 Å². The number of piperidine rings is 1. The number of anilines is 1. The van der Waals surface area contributed by atoms with Crippen LogP contribution < -0.4 is 4.90 Å². The van der Waals surface area contributed by atoms with Crippen molar-refractivity contribution in [3.8, 4) is 0 Å². The fourth-order valence-corrected chi connectivity index (χ4v) is 3.65. The van der Waals surface area contributed by atoms with Gasteiger partial charge in [0.25, 0.3) is 0 Å². The molecular weight excluding hydrogens is 332 g/mol. The first-order chi connectivity index (χ1) is 11.5. The van der Waals surface area contributed by atoms with Gasteiger partial charge < -0.3 is 14.9 Å². The van der Waals surface area contributed by atoms with Crippen LogP contribution in [0.15, 0.2) is 24.3 Å². The van der Waals surface area contributed by atoms with Crippen molar-refractivity contribution in [2.45, 2.75) is 19.3 Å². The average Bonchev–Trinajstić information content (AvgIpc) is 2.96. The Labute approximate surface area is 145 Å². The fraction of sp³-hybridized carbons (Fsp3) is 0.471. The van der Waals surface area contributed by atoms with Crippen molar-refractivity contribution in [2.75, 3.05) is 24.5 Å². The Morgan fingerprint density at radius 2 is 1.92 bits per heavy atom. The van der Waals surface area contributed by atoms with E-state index in [0.717, 1.165) is 0 Å². The van der Waals surface area contributed by atoms with Gasteiger partial charge in [-0.1, -0.05) is 23.7 Å². The van der Waals surface area contributed by atoms with Crippen LogP contribution in [0.1, 0.15) is 19.3 Å². The van der Waals surface area contributed by atoms with Crippen LogP contribution in [0.5, 0.6) is 0 Å². The SMILES string of the molecule is O=C(O)[C@@H]1CCCN(C(=O)[C@@H]2CC(=O)N(c3ccccc3Cl)C2)C1. The molecule has 0 unspecified atom stereocenters. The molecule has 7 heteroatoms. The minimum absolute atomic E-state index is 0.131. The quantitative estimate of drug-likeness (QED) is 0.904. The molecule has 2 fully saturated rings. The van der Waals surface area contributed by atoms with Gasteiger partial charge in [0.2, 0.25) is 11.8 Å². The van der Waals surface area contributed by atoms with Crippen LogP contribution in [0, 0.1) is 11.8 Å². The van der Waals surface area contributed by atoms with Crippen LogP contribution in [0.3, 0.4) is 0 Å². The average molecular weight is 351 g/mol. The number of carboxylic acids is 1. The largest absolute Gasteiger partial charge is 0.481 e. The third kappa shape index (κ3) is 3.24. The Hall–Kier alpha value is -2.08. The summed E-state index contributed by atoms with van der Waals surface area (Å²) in [4.78, 5) is 39.3. The Balaban J connectivity index is 1.70. The van der Waals surface area contributed by atoms with E-state index in [1.807, 2.05) is 0 Å². The molecule has 0 saturated carbocycles. The number of benzene rings is 1. The van der Waals surface area contributed by atoms with Crippen LogP contribution >= 0.6 is 11.6 Å². The number of aliphatic carboxylic acids is 1. The van der Waals surface area contributed by atoms with E-state index in [4.69, 9.17) is 16.7 Å². The smallest absolute Gasteiger partial charge is 0.308 e. The van der Waals surface area contributed by atoms with Gasteiger partial charge >= 0.3 is 5.97 Å². The summed E-state index contributed by atoms with van der Waals surface area (Å²) in [7, 11) is 0. The highest BCUT2D eigenvalue weighted by Gasteiger charge is 2.39. The molecular formula is C17H19ClN2O4. The zero-order chi connectivity index (χ0) is 17.3.